The third kappa shape index (κ3) is 4.80. The van der Waals surface area contributed by atoms with E-state index in [0.717, 1.165) is 16.6 Å². The normalized spacial score (nSPS) is 10.9. The molecule has 0 aliphatic heterocycles. The molecule has 8 nitrogen and oxygen atoms in total. The number of furan rings is 1. The Kier molecular flexibility index (Phi) is 5.99. The Morgan fingerprint density at radius 2 is 1.97 bits per heavy atom. The van der Waals surface area contributed by atoms with Gasteiger partial charge < -0.3 is 14.5 Å². The molecule has 1 N–H and O–H groups in total. The molecule has 0 unspecified atom stereocenters. The lowest BCUT2D eigenvalue weighted by Crippen LogP contribution is -2.10. The van der Waals surface area contributed by atoms with Crippen LogP contribution < -0.4 is 10.1 Å². The van der Waals surface area contributed by atoms with Crippen molar-refractivity contribution in [3.63, 3.8) is 0 Å². The summed E-state index contributed by atoms with van der Waals surface area (Å²) in [4.78, 5) is 12.5. The number of aryl methyl sites for hydroxylation is 1. The van der Waals surface area contributed by atoms with Crippen LogP contribution in [0.3, 0.4) is 0 Å². The van der Waals surface area contributed by atoms with E-state index >= 15 is 0 Å². The molecule has 0 saturated carbocycles. The first-order chi connectivity index (χ1) is 14.6. The number of hydrogen-bond donors (Lipinski definition) is 1. The predicted molar refractivity (Wildman–Crippen MR) is 114 cm³/mol. The minimum absolute atomic E-state index is 0.206. The van der Waals surface area contributed by atoms with Gasteiger partial charge in [0.2, 0.25) is 0 Å². The quantitative estimate of drug-likeness (QED) is 0.414. The summed E-state index contributed by atoms with van der Waals surface area (Å²) in [6, 6.07) is 10.9. The summed E-state index contributed by atoms with van der Waals surface area (Å²) in [7, 11) is 0. The van der Waals surface area contributed by atoms with E-state index in [1.807, 2.05) is 48.3 Å². The molecule has 30 heavy (non-hydrogen) atoms. The molecule has 0 fully saturated rings. The Balaban J connectivity index is 1.33. The summed E-state index contributed by atoms with van der Waals surface area (Å²) in [5, 5.41) is 11.3. The van der Waals surface area contributed by atoms with Crippen molar-refractivity contribution in [2.75, 3.05) is 5.32 Å². The van der Waals surface area contributed by atoms with Gasteiger partial charge in [-0.3, -0.25) is 14.2 Å². The zero-order chi connectivity index (χ0) is 20.9. The van der Waals surface area contributed by atoms with Gasteiger partial charge in [0.15, 0.2) is 5.76 Å². The molecule has 9 heteroatoms. The zero-order valence-electron chi connectivity index (χ0n) is 16.3. The van der Waals surface area contributed by atoms with Gasteiger partial charge in [0, 0.05) is 24.5 Å². The molecule has 1 amide bonds. The van der Waals surface area contributed by atoms with Gasteiger partial charge in [-0.25, -0.2) is 0 Å². The van der Waals surface area contributed by atoms with Gasteiger partial charge in [-0.1, -0.05) is 12.1 Å². The SMILES string of the molecule is CCn1cc(Cn2cc(NC(=O)c3ccc(COc4ccccc4Br)o3)cn2)cn1. The van der Waals surface area contributed by atoms with Crippen LogP contribution in [0, 0.1) is 0 Å². The van der Waals surface area contributed by atoms with Crippen LogP contribution in [0.2, 0.25) is 0 Å². The largest absolute Gasteiger partial charge is 0.484 e. The molecule has 0 aliphatic rings. The molecule has 3 heterocycles. The lowest BCUT2D eigenvalue weighted by Gasteiger charge is -2.05. The van der Waals surface area contributed by atoms with Crippen LogP contribution in [0.1, 0.15) is 28.8 Å². The Morgan fingerprint density at radius 1 is 1.13 bits per heavy atom. The van der Waals surface area contributed by atoms with Crippen LogP contribution in [0.25, 0.3) is 0 Å². The number of nitrogens with one attached hydrogen (secondary N) is 1. The van der Waals surface area contributed by atoms with Gasteiger partial charge in [-0.2, -0.15) is 10.2 Å². The summed E-state index contributed by atoms with van der Waals surface area (Å²) >= 11 is 3.43. The summed E-state index contributed by atoms with van der Waals surface area (Å²) in [6.45, 7) is 3.65. The zero-order valence-corrected chi connectivity index (χ0v) is 17.9. The van der Waals surface area contributed by atoms with Gasteiger partial charge in [-0.05, 0) is 47.1 Å². The van der Waals surface area contributed by atoms with Crippen molar-refractivity contribution in [3.05, 3.63) is 82.7 Å². The van der Waals surface area contributed by atoms with Gasteiger partial charge in [-0.15, -0.1) is 0 Å². The smallest absolute Gasteiger partial charge is 0.291 e. The van der Waals surface area contributed by atoms with Crippen molar-refractivity contribution in [1.82, 2.24) is 19.6 Å². The number of aromatic nitrogens is 4. The average Bonchev–Trinajstić information content (AvgIpc) is 3.49. The molecule has 154 valence electrons. The van der Waals surface area contributed by atoms with Gasteiger partial charge >= 0.3 is 0 Å². The van der Waals surface area contributed by atoms with Crippen LogP contribution in [-0.4, -0.2) is 25.5 Å². The van der Waals surface area contributed by atoms with E-state index in [1.54, 1.807) is 29.2 Å². The third-order valence-corrected chi connectivity index (χ3v) is 4.99. The minimum atomic E-state index is -0.347. The Labute approximate surface area is 181 Å². The second-order valence-corrected chi connectivity index (χ2v) is 7.42. The molecular formula is C21H20BrN5O3. The summed E-state index contributed by atoms with van der Waals surface area (Å²) in [5.41, 5.74) is 1.63. The predicted octanol–water partition coefficient (Wildman–Crippen LogP) is 4.33. The first-order valence-corrected chi connectivity index (χ1v) is 10.2. The van der Waals surface area contributed by atoms with Crippen molar-refractivity contribution >= 4 is 27.5 Å². The molecule has 1 aromatic carbocycles. The van der Waals surface area contributed by atoms with E-state index < -0.39 is 0 Å². The lowest BCUT2D eigenvalue weighted by atomic mass is 10.3. The minimum Gasteiger partial charge on any atom is -0.484 e. The monoisotopic (exact) mass is 469 g/mol. The van der Waals surface area contributed by atoms with E-state index in [4.69, 9.17) is 9.15 Å². The number of hydrogen-bond acceptors (Lipinski definition) is 5. The lowest BCUT2D eigenvalue weighted by molar-refractivity contribution is 0.0992. The number of benzene rings is 1. The van der Waals surface area contributed by atoms with Crippen molar-refractivity contribution < 1.29 is 13.9 Å². The number of para-hydroxylation sites is 1. The molecule has 4 rings (SSSR count). The topological polar surface area (TPSA) is 87.1 Å². The molecule has 0 saturated heterocycles. The number of ether oxygens (including phenoxy) is 1. The van der Waals surface area contributed by atoms with Gasteiger partial charge in [0.1, 0.15) is 18.1 Å². The molecule has 0 bridgehead atoms. The fourth-order valence-corrected chi connectivity index (χ4v) is 3.24. The number of anilines is 1. The van der Waals surface area contributed by atoms with E-state index in [1.165, 1.54) is 0 Å². The maximum Gasteiger partial charge on any atom is 0.291 e. The van der Waals surface area contributed by atoms with E-state index in [0.29, 0.717) is 23.7 Å². The number of carbonyl (C=O) groups excluding carboxylic acids is 1. The number of nitrogens with zero attached hydrogens (tertiary/aromatic N) is 4. The number of rotatable bonds is 8. The van der Waals surface area contributed by atoms with Crippen LogP contribution in [-0.2, 0) is 19.7 Å². The van der Waals surface area contributed by atoms with Crippen molar-refractivity contribution in [1.29, 1.82) is 0 Å². The highest BCUT2D eigenvalue weighted by Crippen LogP contribution is 2.25. The van der Waals surface area contributed by atoms with E-state index in [9.17, 15) is 4.79 Å². The van der Waals surface area contributed by atoms with Crippen molar-refractivity contribution in [2.45, 2.75) is 26.6 Å². The Bertz CT molecular complexity index is 1150. The number of amides is 1. The third-order valence-electron chi connectivity index (χ3n) is 4.34. The second-order valence-electron chi connectivity index (χ2n) is 6.57. The molecular weight excluding hydrogens is 450 g/mol. The fourth-order valence-electron chi connectivity index (χ4n) is 2.84. The van der Waals surface area contributed by atoms with Crippen LogP contribution in [0.4, 0.5) is 5.69 Å². The molecule has 0 spiro atoms. The molecule has 3 aromatic heterocycles. The standard InChI is InChI=1S/C21H20BrN5O3/c1-2-26-11-15(9-23-26)12-27-13-16(10-24-27)25-21(28)20-8-7-17(30-20)14-29-19-6-4-3-5-18(19)22/h3-11,13H,2,12,14H2,1H3,(H,25,28). The first-order valence-electron chi connectivity index (χ1n) is 9.42. The second kappa shape index (κ2) is 9.00. The Morgan fingerprint density at radius 3 is 2.77 bits per heavy atom. The van der Waals surface area contributed by atoms with Crippen LogP contribution in [0.15, 0.2) is 70.1 Å². The van der Waals surface area contributed by atoms with Crippen molar-refractivity contribution in [2.24, 2.45) is 0 Å². The summed E-state index contributed by atoms with van der Waals surface area (Å²) in [5.74, 6) is 1.12. The molecule has 0 radical (unpaired) electrons. The Hall–Kier alpha value is -3.33. The molecule has 0 atom stereocenters. The first kappa shape index (κ1) is 20.0. The summed E-state index contributed by atoms with van der Waals surface area (Å²) < 4.78 is 15.8. The maximum absolute atomic E-state index is 12.5. The number of halogens is 1. The maximum atomic E-state index is 12.5. The van der Waals surface area contributed by atoms with Gasteiger partial charge in [0.25, 0.3) is 5.91 Å². The highest BCUT2D eigenvalue weighted by molar-refractivity contribution is 9.10. The summed E-state index contributed by atoms with van der Waals surface area (Å²) in [6.07, 6.45) is 7.15. The fraction of sp³-hybridized carbons (Fsp3) is 0.190. The number of carbonyl (C=O) groups is 1. The van der Waals surface area contributed by atoms with E-state index in [-0.39, 0.29) is 18.3 Å². The average molecular weight is 470 g/mol. The molecule has 4 aromatic rings. The van der Waals surface area contributed by atoms with E-state index in [2.05, 4.69) is 31.4 Å². The highest BCUT2D eigenvalue weighted by Gasteiger charge is 2.13. The highest BCUT2D eigenvalue weighted by atomic mass is 79.9. The van der Waals surface area contributed by atoms with Crippen LogP contribution in [0.5, 0.6) is 5.75 Å². The molecule has 0 aliphatic carbocycles. The van der Waals surface area contributed by atoms with Crippen LogP contribution >= 0.6 is 15.9 Å². The van der Waals surface area contributed by atoms with Crippen molar-refractivity contribution in [3.8, 4) is 5.75 Å². The van der Waals surface area contributed by atoms with Gasteiger partial charge in [0.05, 0.1) is 29.1 Å².